The molecule has 3 heterocycles. The molecule has 166 valence electrons. The maximum absolute atomic E-state index is 12.6. The van der Waals surface area contributed by atoms with E-state index in [1.165, 1.54) is 4.88 Å². The van der Waals surface area contributed by atoms with Crippen LogP contribution in [0.25, 0.3) is 16.3 Å². The number of carboxylic acid groups (broad SMARTS) is 1. The Hall–Kier alpha value is -2.91. The van der Waals surface area contributed by atoms with Gasteiger partial charge in [0.05, 0.1) is 11.1 Å². The average Bonchev–Trinajstić information content (AvgIpc) is 3.25. The summed E-state index contributed by atoms with van der Waals surface area (Å²) in [5, 5.41) is 10.5. The zero-order valence-corrected chi connectivity index (χ0v) is 19.4. The number of piperazine rings is 1. The summed E-state index contributed by atoms with van der Waals surface area (Å²) in [4.78, 5) is 39.0. The lowest BCUT2D eigenvalue weighted by molar-refractivity contribution is -0.134. The first-order valence-corrected chi connectivity index (χ1v) is 12.3. The largest absolute Gasteiger partial charge is 0.481 e. The Balaban J connectivity index is 1.49. The summed E-state index contributed by atoms with van der Waals surface area (Å²) in [6, 6.07) is 11.9. The average molecular weight is 469 g/mol. The number of amides is 1. The molecule has 0 saturated carbocycles. The molecule has 32 heavy (non-hydrogen) atoms. The molecule has 2 aromatic heterocycles. The normalized spacial score (nSPS) is 14.4. The number of carbonyl (C=O) groups is 2. The molecule has 1 N–H and O–H groups in total. The summed E-state index contributed by atoms with van der Waals surface area (Å²) < 4.78 is 0. The second kappa shape index (κ2) is 10.1. The van der Waals surface area contributed by atoms with Crippen LogP contribution >= 0.6 is 23.1 Å². The van der Waals surface area contributed by atoms with E-state index in [0.29, 0.717) is 31.3 Å². The van der Waals surface area contributed by atoms with Gasteiger partial charge in [0.25, 0.3) is 0 Å². The monoisotopic (exact) mass is 468 g/mol. The second-order valence-electron chi connectivity index (χ2n) is 7.35. The van der Waals surface area contributed by atoms with Crippen molar-refractivity contribution in [3.05, 3.63) is 52.9 Å². The second-order valence-corrected chi connectivity index (χ2v) is 9.41. The van der Waals surface area contributed by atoms with E-state index in [0.717, 1.165) is 39.8 Å². The highest BCUT2D eigenvalue weighted by Crippen LogP contribution is 2.33. The Labute approximate surface area is 194 Å². The number of anilines is 1. The topological polar surface area (TPSA) is 86.6 Å². The number of aromatic nitrogens is 2. The lowest BCUT2D eigenvalue weighted by Gasteiger charge is -2.35. The van der Waals surface area contributed by atoms with Gasteiger partial charge in [-0.2, -0.15) is 0 Å². The molecule has 0 spiro atoms. The van der Waals surface area contributed by atoms with Crippen LogP contribution in [0.1, 0.15) is 17.4 Å². The number of nitrogens with zero attached hydrogens (tertiary/aromatic N) is 4. The Kier molecular flexibility index (Phi) is 7.06. The van der Waals surface area contributed by atoms with Crippen molar-refractivity contribution < 1.29 is 14.7 Å². The van der Waals surface area contributed by atoms with Gasteiger partial charge < -0.3 is 14.9 Å². The number of carbonyl (C=O) groups excluding carboxylic acids is 1. The van der Waals surface area contributed by atoms with Crippen molar-refractivity contribution >= 4 is 57.1 Å². The zero-order valence-electron chi connectivity index (χ0n) is 17.7. The van der Waals surface area contributed by atoms with Gasteiger partial charge in [0.2, 0.25) is 5.91 Å². The minimum absolute atomic E-state index is 0.00263. The van der Waals surface area contributed by atoms with Gasteiger partial charge in [-0.05, 0) is 24.1 Å². The molecule has 9 heteroatoms. The quantitative estimate of drug-likeness (QED) is 0.321. The van der Waals surface area contributed by atoms with Crippen LogP contribution in [-0.2, 0) is 16.0 Å². The number of carboxylic acids is 1. The molecular formula is C23H24N4O3S2. The first-order chi connectivity index (χ1) is 15.5. The molecule has 0 radical (unpaired) electrons. The van der Waals surface area contributed by atoms with Gasteiger partial charge in [-0.25, -0.2) is 9.97 Å². The van der Waals surface area contributed by atoms with Gasteiger partial charge in [-0.3, -0.25) is 9.59 Å². The van der Waals surface area contributed by atoms with Crippen molar-refractivity contribution in [1.29, 1.82) is 0 Å². The van der Waals surface area contributed by atoms with E-state index in [2.05, 4.69) is 22.9 Å². The number of aryl methyl sites for hydroxylation is 1. The minimum Gasteiger partial charge on any atom is -0.481 e. The van der Waals surface area contributed by atoms with Crippen LogP contribution in [-0.4, -0.2) is 63.8 Å². The van der Waals surface area contributed by atoms with Gasteiger partial charge in [0.1, 0.15) is 10.6 Å². The maximum Gasteiger partial charge on any atom is 0.313 e. The predicted octanol–water partition coefficient (Wildman–Crippen LogP) is 3.79. The van der Waals surface area contributed by atoms with Crippen molar-refractivity contribution in [1.82, 2.24) is 14.9 Å². The molecule has 1 amide bonds. The molecule has 1 aromatic carbocycles. The van der Waals surface area contributed by atoms with Crippen LogP contribution in [0.15, 0.2) is 47.6 Å². The van der Waals surface area contributed by atoms with Crippen LogP contribution in [0.5, 0.6) is 0 Å². The Morgan fingerprint density at radius 2 is 1.91 bits per heavy atom. The standard InChI is InChI=1S/C23H24N4O3S2/c1-2-17-14-18-21(24-23(25-22(18)32-17)31-15-20(29)30)27-12-10-26(11-13-27)19(28)9-8-16-6-4-3-5-7-16/h3-9,14H,2,10-13,15H2,1H3,(H,29,30). The fourth-order valence-electron chi connectivity index (χ4n) is 3.52. The zero-order chi connectivity index (χ0) is 22.5. The molecule has 1 saturated heterocycles. The van der Waals surface area contributed by atoms with E-state index >= 15 is 0 Å². The molecule has 7 nitrogen and oxygen atoms in total. The van der Waals surface area contributed by atoms with Gasteiger partial charge >= 0.3 is 5.97 Å². The number of rotatable bonds is 7. The molecule has 0 unspecified atom stereocenters. The fourth-order valence-corrected chi connectivity index (χ4v) is 5.10. The number of benzene rings is 1. The Morgan fingerprint density at radius 3 is 2.59 bits per heavy atom. The summed E-state index contributed by atoms with van der Waals surface area (Å²) >= 11 is 2.75. The van der Waals surface area contributed by atoms with Gasteiger partial charge in [-0.1, -0.05) is 49.0 Å². The lowest BCUT2D eigenvalue weighted by Crippen LogP contribution is -2.48. The van der Waals surface area contributed by atoms with Crippen molar-refractivity contribution in [3.63, 3.8) is 0 Å². The third kappa shape index (κ3) is 5.28. The number of fused-ring (bicyclic) bond motifs is 1. The summed E-state index contributed by atoms with van der Waals surface area (Å²) in [5.41, 5.74) is 0.999. The van der Waals surface area contributed by atoms with Crippen LogP contribution in [0.3, 0.4) is 0 Å². The first kappa shape index (κ1) is 22.3. The molecule has 1 fully saturated rings. The molecular weight excluding hydrogens is 444 g/mol. The molecule has 0 aliphatic carbocycles. The van der Waals surface area contributed by atoms with Crippen LogP contribution in [0, 0.1) is 0 Å². The van der Waals surface area contributed by atoms with Crippen LogP contribution < -0.4 is 4.90 Å². The number of thioether (sulfide) groups is 1. The third-order valence-corrected chi connectivity index (χ3v) is 7.19. The highest BCUT2D eigenvalue weighted by Gasteiger charge is 2.24. The van der Waals surface area contributed by atoms with E-state index < -0.39 is 5.97 Å². The molecule has 1 aliphatic heterocycles. The Morgan fingerprint density at radius 1 is 1.16 bits per heavy atom. The van der Waals surface area contributed by atoms with Gasteiger partial charge in [0.15, 0.2) is 5.16 Å². The van der Waals surface area contributed by atoms with Crippen molar-refractivity contribution in [2.75, 3.05) is 36.8 Å². The molecule has 3 aromatic rings. The first-order valence-electron chi connectivity index (χ1n) is 10.5. The molecule has 0 bridgehead atoms. The smallest absolute Gasteiger partial charge is 0.313 e. The number of hydrogen-bond donors (Lipinski definition) is 1. The SMILES string of the molecule is CCc1cc2c(N3CCN(C(=O)C=Cc4ccccc4)CC3)nc(SCC(=O)O)nc2s1. The van der Waals surface area contributed by atoms with Crippen molar-refractivity contribution in [2.24, 2.45) is 0 Å². The van der Waals surface area contributed by atoms with E-state index in [1.807, 2.05) is 41.3 Å². The van der Waals surface area contributed by atoms with Crippen LogP contribution in [0.2, 0.25) is 0 Å². The summed E-state index contributed by atoms with van der Waals surface area (Å²) in [6.45, 7) is 4.64. The Bertz CT molecular complexity index is 1140. The summed E-state index contributed by atoms with van der Waals surface area (Å²) in [7, 11) is 0. The maximum atomic E-state index is 12.6. The van der Waals surface area contributed by atoms with Gasteiger partial charge in [-0.15, -0.1) is 11.3 Å². The van der Waals surface area contributed by atoms with E-state index in [4.69, 9.17) is 10.1 Å². The molecule has 0 atom stereocenters. The van der Waals surface area contributed by atoms with Crippen molar-refractivity contribution in [2.45, 2.75) is 18.5 Å². The number of thiophene rings is 1. The number of hydrogen-bond acceptors (Lipinski definition) is 7. The molecule has 1 aliphatic rings. The van der Waals surface area contributed by atoms with E-state index in [9.17, 15) is 9.59 Å². The van der Waals surface area contributed by atoms with Crippen LogP contribution in [0.4, 0.5) is 5.82 Å². The highest BCUT2D eigenvalue weighted by molar-refractivity contribution is 7.99. The van der Waals surface area contributed by atoms with E-state index in [1.54, 1.807) is 17.4 Å². The lowest BCUT2D eigenvalue weighted by atomic mass is 10.2. The van der Waals surface area contributed by atoms with Gasteiger partial charge in [0, 0.05) is 37.1 Å². The van der Waals surface area contributed by atoms with Crippen molar-refractivity contribution in [3.8, 4) is 0 Å². The highest BCUT2D eigenvalue weighted by atomic mass is 32.2. The minimum atomic E-state index is -0.892. The third-order valence-electron chi connectivity index (χ3n) is 5.19. The molecule has 4 rings (SSSR count). The summed E-state index contributed by atoms with van der Waals surface area (Å²) in [5.74, 6) is -0.141. The fraction of sp³-hybridized carbons (Fsp3) is 0.304. The predicted molar refractivity (Wildman–Crippen MR) is 129 cm³/mol. The number of aliphatic carboxylic acids is 1. The summed E-state index contributed by atoms with van der Waals surface area (Å²) in [6.07, 6.45) is 4.38. The van der Waals surface area contributed by atoms with E-state index in [-0.39, 0.29) is 11.7 Å².